The van der Waals surface area contributed by atoms with Gasteiger partial charge in [-0.3, -0.25) is 14.5 Å². The summed E-state index contributed by atoms with van der Waals surface area (Å²) in [5.41, 5.74) is -0.985. The summed E-state index contributed by atoms with van der Waals surface area (Å²) in [6.07, 6.45) is 8.38. The van der Waals surface area contributed by atoms with Crippen LogP contribution in [-0.4, -0.2) is 69.7 Å². The summed E-state index contributed by atoms with van der Waals surface area (Å²) in [7, 11) is -0.669. The van der Waals surface area contributed by atoms with Crippen LogP contribution in [0.15, 0.2) is 18.2 Å². The van der Waals surface area contributed by atoms with Gasteiger partial charge in [-0.1, -0.05) is 32.1 Å². The first-order chi connectivity index (χ1) is 15.6. The number of hydrogen-bond acceptors (Lipinski definition) is 6. The second-order valence-electron chi connectivity index (χ2n) is 9.09. The highest BCUT2D eigenvalue weighted by Gasteiger charge is 2.50. The number of carbonyl (C=O) groups excluding carboxylic acids is 2. The molecule has 2 fully saturated rings. The normalized spacial score (nSPS) is 23.5. The number of nitrogens with one attached hydrogen (secondary N) is 1. The minimum absolute atomic E-state index is 0.00518. The number of methoxy groups -OCH3 is 2. The molecule has 1 saturated carbocycles. The van der Waals surface area contributed by atoms with E-state index in [1.165, 1.54) is 25.5 Å². The molecule has 184 valence electrons. The molecule has 1 saturated heterocycles. The van der Waals surface area contributed by atoms with E-state index in [1.54, 1.807) is 25.1 Å². The number of piperazine rings is 1. The van der Waals surface area contributed by atoms with Crippen LogP contribution in [0.25, 0.3) is 0 Å². The zero-order valence-electron chi connectivity index (χ0n) is 19.9. The number of ether oxygens (including phenoxy) is 2. The zero-order valence-corrected chi connectivity index (χ0v) is 20.7. The molecule has 1 unspecified atom stereocenters. The van der Waals surface area contributed by atoms with Gasteiger partial charge in [0.25, 0.3) is 0 Å². The van der Waals surface area contributed by atoms with Crippen LogP contribution in [0.4, 0.5) is 5.69 Å². The molecular formula is C23H35N3O6S. The predicted molar refractivity (Wildman–Crippen MR) is 126 cm³/mol. The van der Waals surface area contributed by atoms with Crippen molar-refractivity contribution >= 4 is 27.5 Å². The average molecular weight is 482 g/mol. The standard InChI is InChI=1S/C23H35N3O6S/c1-23(22(28)24-17-10-8-6-5-7-9-11-17)16-25(33(4,29)30)15-21(27)26(23)18-12-13-19(31-2)20(14-18)32-3/h12-14,17H,5-11,15-16H2,1-4H3,(H,24,28). The second-order valence-corrected chi connectivity index (χ2v) is 11.1. The first-order valence-electron chi connectivity index (χ1n) is 11.4. The predicted octanol–water partition coefficient (Wildman–Crippen LogP) is 2.30. The van der Waals surface area contributed by atoms with E-state index in [-0.39, 0.29) is 25.0 Å². The number of rotatable bonds is 6. The maximum Gasteiger partial charge on any atom is 0.247 e. The van der Waals surface area contributed by atoms with Gasteiger partial charge >= 0.3 is 0 Å². The fraction of sp³-hybridized carbons (Fsp3) is 0.652. The van der Waals surface area contributed by atoms with Crippen molar-refractivity contribution in [2.24, 2.45) is 0 Å². The summed E-state index contributed by atoms with van der Waals surface area (Å²) < 4.78 is 36.4. The highest BCUT2D eigenvalue weighted by molar-refractivity contribution is 7.88. The molecule has 10 heteroatoms. The highest BCUT2D eigenvalue weighted by atomic mass is 32.2. The highest BCUT2D eigenvalue weighted by Crippen LogP contribution is 2.36. The van der Waals surface area contributed by atoms with Gasteiger partial charge in [-0.25, -0.2) is 8.42 Å². The Morgan fingerprint density at radius 1 is 1.06 bits per heavy atom. The molecule has 33 heavy (non-hydrogen) atoms. The minimum atomic E-state index is -3.68. The van der Waals surface area contributed by atoms with Crippen LogP contribution in [-0.2, 0) is 19.6 Å². The average Bonchev–Trinajstić information content (AvgIpc) is 2.74. The summed E-state index contributed by atoms with van der Waals surface area (Å²) >= 11 is 0. The second kappa shape index (κ2) is 10.3. The van der Waals surface area contributed by atoms with E-state index in [2.05, 4.69) is 5.32 Å². The molecule has 2 aliphatic rings. The molecule has 0 spiro atoms. The van der Waals surface area contributed by atoms with Crippen molar-refractivity contribution < 1.29 is 27.5 Å². The number of benzene rings is 1. The van der Waals surface area contributed by atoms with Crippen LogP contribution in [0, 0.1) is 0 Å². The summed E-state index contributed by atoms with van der Waals surface area (Å²) in [6.45, 7) is 1.15. The third-order valence-corrected chi connectivity index (χ3v) is 7.76. The number of hydrogen-bond donors (Lipinski definition) is 1. The van der Waals surface area contributed by atoms with Gasteiger partial charge in [0.15, 0.2) is 11.5 Å². The molecule has 1 aromatic carbocycles. The Balaban J connectivity index is 1.98. The van der Waals surface area contributed by atoms with E-state index in [0.717, 1.165) is 49.1 Å². The van der Waals surface area contributed by atoms with Crippen LogP contribution in [0.1, 0.15) is 51.9 Å². The van der Waals surface area contributed by atoms with E-state index >= 15 is 0 Å². The van der Waals surface area contributed by atoms with Crippen LogP contribution < -0.4 is 19.7 Å². The first kappa shape index (κ1) is 25.3. The molecule has 3 rings (SSSR count). The van der Waals surface area contributed by atoms with Gasteiger partial charge in [-0.2, -0.15) is 4.31 Å². The van der Waals surface area contributed by atoms with E-state index in [4.69, 9.17) is 9.47 Å². The summed E-state index contributed by atoms with van der Waals surface area (Å²) in [6, 6.07) is 4.98. The molecule has 9 nitrogen and oxygen atoms in total. The Labute approximate surface area is 196 Å². The molecule has 0 aromatic heterocycles. The number of sulfonamides is 1. The Bertz CT molecular complexity index is 974. The summed E-state index contributed by atoms with van der Waals surface area (Å²) in [5.74, 6) is 0.0686. The molecule has 1 atom stereocenters. The van der Waals surface area contributed by atoms with Crippen LogP contribution >= 0.6 is 0 Å². The van der Waals surface area contributed by atoms with Crippen molar-refractivity contribution in [3.63, 3.8) is 0 Å². The van der Waals surface area contributed by atoms with E-state index in [9.17, 15) is 18.0 Å². The third kappa shape index (κ3) is 5.60. The van der Waals surface area contributed by atoms with Crippen molar-refractivity contribution in [2.75, 3.05) is 38.5 Å². The lowest BCUT2D eigenvalue weighted by Crippen LogP contribution is -2.70. The van der Waals surface area contributed by atoms with Crippen LogP contribution in [0.3, 0.4) is 0 Å². The van der Waals surface area contributed by atoms with Crippen molar-refractivity contribution in [3.05, 3.63) is 18.2 Å². The first-order valence-corrected chi connectivity index (χ1v) is 13.3. The Morgan fingerprint density at radius 2 is 1.67 bits per heavy atom. The van der Waals surface area contributed by atoms with Crippen molar-refractivity contribution in [1.29, 1.82) is 0 Å². The maximum atomic E-state index is 13.7. The molecule has 1 aromatic rings. The lowest BCUT2D eigenvalue weighted by Gasteiger charge is -2.47. The summed E-state index contributed by atoms with van der Waals surface area (Å²) in [4.78, 5) is 28.4. The molecule has 1 aliphatic heterocycles. The van der Waals surface area contributed by atoms with Gasteiger partial charge in [-0.05, 0) is 31.9 Å². The molecule has 0 radical (unpaired) electrons. The fourth-order valence-corrected chi connectivity index (χ4v) is 5.54. The van der Waals surface area contributed by atoms with Gasteiger partial charge in [0.2, 0.25) is 21.8 Å². The van der Waals surface area contributed by atoms with Crippen molar-refractivity contribution in [1.82, 2.24) is 9.62 Å². The monoisotopic (exact) mass is 481 g/mol. The zero-order chi connectivity index (χ0) is 24.2. The topological polar surface area (TPSA) is 105 Å². The van der Waals surface area contributed by atoms with E-state index < -0.39 is 21.5 Å². The molecule has 1 heterocycles. The van der Waals surface area contributed by atoms with E-state index in [1.807, 2.05) is 0 Å². The molecular weight excluding hydrogens is 446 g/mol. The van der Waals surface area contributed by atoms with Crippen LogP contribution in [0.5, 0.6) is 11.5 Å². The van der Waals surface area contributed by atoms with Gasteiger partial charge < -0.3 is 14.8 Å². The minimum Gasteiger partial charge on any atom is -0.493 e. The maximum absolute atomic E-state index is 13.7. The van der Waals surface area contributed by atoms with Crippen LogP contribution in [0.2, 0.25) is 0 Å². The number of amides is 2. The quantitative estimate of drug-likeness (QED) is 0.669. The third-order valence-electron chi connectivity index (χ3n) is 6.56. The smallest absolute Gasteiger partial charge is 0.247 e. The fourth-order valence-electron chi connectivity index (χ4n) is 4.71. The number of nitrogens with zero attached hydrogens (tertiary/aromatic N) is 2. The Kier molecular flexibility index (Phi) is 7.89. The lowest BCUT2D eigenvalue weighted by molar-refractivity contribution is -0.133. The van der Waals surface area contributed by atoms with Gasteiger partial charge in [0, 0.05) is 24.3 Å². The Morgan fingerprint density at radius 3 is 2.24 bits per heavy atom. The SMILES string of the molecule is COc1ccc(N2C(=O)CN(S(C)(=O)=O)CC2(C)C(=O)NC2CCCCCCC2)cc1OC. The molecule has 0 bridgehead atoms. The lowest BCUT2D eigenvalue weighted by atomic mass is 9.92. The molecule has 2 amide bonds. The van der Waals surface area contributed by atoms with E-state index in [0.29, 0.717) is 17.2 Å². The van der Waals surface area contributed by atoms with Gasteiger partial charge in [0.05, 0.1) is 27.0 Å². The van der Waals surface area contributed by atoms with Gasteiger partial charge in [-0.15, -0.1) is 0 Å². The van der Waals surface area contributed by atoms with Crippen molar-refractivity contribution in [3.8, 4) is 11.5 Å². The van der Waals surface area contributed by atoms with Gasteiger partial charge in [0.1, 0.15) is 5.54 Å². The molecule has 1 aliphatic carbocycles. The number of anilines is 1. The van der Waals surface area contributed by atoms with Crippen molar-refractivity contribution in [2.45, 2.75) is 63.5 Å². The number of carbonyl (C=O) groups is 2. The molecule has 1 N–H and O–H groups in total. The Hall–Kier alpha value is -2.33. The largest absolute Gasteiger partial charge is 0.493 e. The summed E-state index contributed by atoms with van der Waals surface area (Å²) in [5, 5.41) is 3.13.